The van der Waals surface area contributed by atoms with Crippen LogP contribution in [0.1, 0.15) is 21.5 Å². The van der Waals surface area contributed by atoms with Gasteiger partial charge in [-0.05, 0) is 29.8 Å². The lowest BCUT2D eigenvalue weighted by Crippen LogP contribution is -1.92. The van der Waals surface area contributed by atoms with Crippen LogP contribution in [-0.2, 0) is 4.74 Å². The molecule has 88 valence electrons. The van der Waals surface area contributed by atoms with E-state index >= 15 is 0 Å². The Morgan fingerprint density at radius 2 is 1.78 bits per heavy atom. The molecule has 0 aromatic heterocycles. The van der Waals surface area contributed by atoms with Crippen LogP contribution in [0.3, 0.4) is 0 Å². The molecule has 0 amide bonds. The standard InChI is InChI=1S/C15H10O3/c16-11-6-7-12-13(9-11)15(17)18-14(12)8-10-4-2-1-3-5-10/h1-9,16H/b14-8-. The Labute approximate surface area is 104 Å². The van der Waals surface area contributed by atoms with Gasteiger partial charge in [-0.1, -0.05) is 30.3 Å². The first-order chi connectivity index (χ1) is 8.74. The van der Waals surface area contributed by atoms with Gasteiger partial charge < -0.3 is 9.84 Å². The number of rotatable bonds is 1. The number of hydrogen-bond donors (Lipinski definition) is 1. The maximum absolute atomic E-state index is 11.6. The molecule has 18 heavy (non-hydrogen) atoms. The van der Waals surface area contributed by atoms with Crippen molar-refractivity contribution in [3.63, 3.8) is 0 Å². The van der Waals surface area contributed by atoms with Crippen molar-refractivity contribution in [2.45, 2.75) is 0 Å². The van der Waals surface area contributed by atoms with Crippen LogP contribution < -0.4 is 0 Å². The van der Waals surface area contributed by atoms with Crippen LogP contribution in [0, 0.1) is 0 Å². The zero-order valence-corrected chi connectivity index (χ0v) is 9.46. The third kappa shape index (κ3) is 1.76. The summed E-state index contributed by atoms with van der Waals surface area (Å²) in [5, 5.41) is 9.36. The van der Waals surface area contributed by atoms with Crippen LogP contribution in [0.2, 0.25) is 0 Å². The van der Waals surface area contributed by atoms with Crippen molar-refractivity contribution >= 4 is 17.8 Å². The number of aromatic hydroxyl groups is 1. The highest BCUT2D eigenvalue weighted by atomic mass is 16.5. The molecule has 0 spiro atoms. The molecule has 1 heterocycles. The summed E-state index contributed by atoms with van der Waals surface area (Å²) >= 11 is 0. The minimum absolute atomic E-state index is 0.0617. The smallest absolute Gasteiger partial charge is 0.344 e. The molecular formula is C15H10O3. The van der Waals surface area contributed by atoms with E-state index in [2.05, 4.69) is 0 Å². The highest BCUT2D eigenvalue weighted by molar-refractivity contribution is 6.05. The minimum atomic E-state index is -0.428. The van der Waals surface area contributed by atoms with E-state index in [1.165, 1.54) is 6.07 Å². The molecule has 1 aliphatic heterocycles. The quantitative estimate of drug-likeness (QED) is 0.776. The Kier molecular flexibility index (Phi) is 2.38. The third-order valence-electron chi connectivity index (χ3n) is 2.79. The zero-order chi connectivity index (χ0) is 12.5. The molecule has 0 atom stereocenters. The highest BCUT2D eigenvalue weighted by Gasteiger charge is 2.26. The van der Waals surface area contributed by atoms with Gasteiger partial charge in [-0.25, -0.2) is 4.79 Å². The van der Waals surface area contributed by atoms with Crippen molar-refractivity contribution < 1.29 is 14.6 Å². The van der Waals surface area contributed by atoms with Gasteiger partial charge in [-0.3, -0.25) is 0 Å². The number of hydrogen-bond acceptors (Lipinski definition) is 3. The van der Waals surface area contributed by atoms with Gasteiger partial charge in [0.25, 0.3) is 0 Å². The summed E-state index contributed by atoms with van der Waals surface area (Å²) in [5.74, 6) is 0.149. The summed E-state index contributed by atoms with van der Waals surface area (Å²) in [6.45, 7) is 0. The first kappa shape index (κ1) is 10.6. The molecule has 3 nitrogen and oxygen atoms in total. The van der Waals surface area contributed by atoms with Crippen molar-refractivity contribution in [3.05, 3.63) is 65.2 Å². The molecule has 1 aliphatic rings. The molecule has 0 aliphatic carbocycles. The summed E-state index contributed by atoms with van der Waals surface area (Å²) in [6, 6.07) is 14.3. The molecular weight excluding hydrogens is 228 g/mol. The lowest BCUT2D eigenvalue weighted by molar-refractivity contribution is 0.0717. The molecule has 0 fully saturated rings. The van der Waals surface area contributed by atoms with Crippen LogP contribution in [0.4, 0.5) is 0 Å². The largest absolute Gasteiger partial charge is 0.508 e. The van der Waals surface area contributed by atoms with Gasteiger partial charge in [-0.15, -0.1) is 0 Å². The number of carbonyl (C=O) groups is 1. The van der Waals surface area contributed by atoms with Gasteiger partial charge >= 0.3 is 5.97 Å². The lowest BCUT2D eigenvalue weighted by Gasteiger charge is -1.99. The van der Waals surface area contributed by atoms with Crippen molar-refractivity contribution in [1.82, 2.24) is 0 Å². The van der Waals surface area contributed by atoms with Crippen molar-refractivity contribution in [3.8, 4) is 5.75 Å². The van der Waals surface area contributed by atoms with E-state index in [-0.39, 0.29) is 5.75 Å². The second-order valence-corrected chi connectivity index (χ2v) is 4.04. The number of ether oxygens (including phenoxy) is 1. The van der Waals surface area contributed by atoms with E-state index in [4.69, 9.17) is 4.74 Å². The Morgan fingerprint density at radius 1 is 1.00 bits per heavy atom. The summed E-state index contributed by atoms with van der Waals surface area (Å²) < 4.78 is 5.20. The molecule has 0 radical (unpaired) electrons. The van der Waals surface area contributed by atoms with Crippen molar-refractivity contribution in [2.24, 2.45) is 0 Å². The molecule has 2 aromatic rings. The normalized spacial score (nSPS) is 15.6. The molecule has 0 bridgehead atoms. The van der Waals surface area contributed by atoms with E-state index in [0.717, 1.165) is 5.56 Å². The summed E-state index contributed by atoms with van der Waals surface area (Å²) in [7, 11) is 0. The third-order valence-corrected chi connectivity index (χ3v) is 2.79. The molecule has 1 N–H and O–H groups in total. The summed E-state index contributed by atoms with van der Waals surface area (Å²) in [6.07, 6.45) is 1.81. The molecule has 0 saturated heterocycles. The van der Waals surface area contributed by atoms with Crippen LogP contribution in [0.5, 0.6) is 5.75 Å². The first-order valence-electron chi connectivity index (χ1n) is 5.56. The number of fused-ring (bicyclic) bond motifs is 1. The highest BCUT2D eigenvalue weighted by Crippen LogP contribution is 2.33. The van der Waals surface area contributed by atoms with E-state index in [1.807, 2.05) is 30.3 Å². The van der Waals surface area contributed by atoms with Crippen LogP contribution >= 0.6 is 0 Å². The molecule has 0 unspecified atom stereocenters. The number of benzene rings is 2. The second-order valence-electron chi connectivity index (χ2n) is 4.04. The fraction of sp³-hybridized carbons (Fsp3) is 0. The Balaban J connectivity index is 2.08. The zero-order valence-electron chi connectivity index (χ0n) is 9.46. The maximum atomic E-state index is 11.6. The maximum Gasteiger partial charge on any atom is 0.344 e. The molecule has 2 aromatic carbocycles. The topological polar surface area (TPSA) is 46.5 Å². The Bertz CT molecular complexity index is 642. The van der Waals surface area contributed by atoms with E-state index < -0.39 is 5.97 Å². The van der Waals surface area contributed by atoms with Gasteiger partial charge in [-0.2, -0.15) is 0 Å². The molecule has 0 saturated carbocycles. The van der Waals surface area contributed by atoms with E-state index in [0.29, 0.717) is 16.9 Å². The SMILES string of the molecule is O=C1O/C(=C\c2ccccc2)c2ccc(O)cc21. The average Bonchev–Trinajstić information content (AvgIpc) is 2.67. The van der Waals surface area contributed by atoms with Crippen LogP contribution in [0.25, 0.3) is 11.8 Å². The van der Waals surface area contributed by atoms with Crippen LogP contribution in [0.15, 0.2) is 48.5 Å². The lowest BCUT2D eigenvalue weighted by atomic mass is 10.1. The van der Waals surface area contributed by atoms with E-state index in [1.54, 1.807) is 18.2 Å². The van der Waals surface area contributed by atoms with Gasteiger partial charge in [0.05, 0.1) is 5.56 Å². The Morgan fingerprint density at radius 3 is 2.56 bits per heavy atom. The first-order valence-corrected chi connectivity index (χ1v) is 5.56. The summed E-state index contributed by atoms with van der Waals surface area (Å²) in [5.41, 5.74) is 2.07. The average molecular weight is 238 g/mol. The van der Waals surface area contributed by atoms with Gasteiger partial charge in [0.1, 0.15) is 11.5 Å². The molecule has 3 rings (SSSR count). The minimum Gasteiger partial charge on any atom is -0.508 e. The number of cyclic esters (lactones) is 1. The Hall–Kier alpha value is -2.55. The van der Waals surface area contributed by atoms with Gasteiger partial charge in [0.2, 0.25) is 0 Å². The fourth-order valence-corrected chi connectivity index (χ4v) is 1.93. The van der Waals surface area contributed by atoms with Gasteiger partial charge in [0.15, 0.2) is 0 Å². The predicted octanol–water partition coefficient (Wildman–Crippen LogP) is 3.06. The van der Waals surface area contributed by atoms with Crippen molar-refractivity contribution in [1.29, 1.82) is 0 Å². The monoisotopic (exact) mass is 238 g/mol. The number of esters is 1. The number of carbonyl (C=O) groups excluding carboxylic acids is 1. The number of phenols is 1. The van der Waals surface area contributed by atoms with E-state index in [9.17, 15) is 9.90 Å². The van der Waals surface area contributed by atoms with Gasteiger partial charge in [0, 0.05) is 5.56 Å². The van der Waals surface area contributed by atoms with Crippen LogP contribution in [-0.4, -0.2) is 11.1 Å². The predicted molar refractivity (Wildman–Crippen MR) is 67.8 cm³/mol. The fourth-order valence-electron chi connectivity index (χ4n) is 1.93. The second kappa shape index (κ2) is 4.04. The summed E-state index contributed by atoms with van der Waals surface area (Å²) in [4.78, 5) is 11.6. The van der Waals surface area contributed by atoms with Crippen molar-refractivity contribution in [2.75, 3.05) is 0 Å². The molecule has 3 heteroatoms. The number of phenolic OH excluding ortho intramolecular Hbond substituents is 1.